The molecule has 0 aliphatic rings. The number of carbonyl (C=O) groups excluding carboxylic acids is 1. The second-order valence-electron chi connectivity index (χ2n) is 3.93. The van der Waals surface area contributed by atoms with Crippen LogP contribution in [0.4, 0.5) is 5.13 Å². The molecule has 5 heteroatoms. The molecule has 2 N–H and O–H groups in total. The highest BCUT2D eigenvalue weighted by atomic mass is 32.1. The molecule has 2 aromatic heterocycles. The summed E-state index contributed by atoms with van der Waals surface area (Å²) in [6, 6.07) is 9.87. The Morgan fingerprint density at radius 2 is 2.06 bits per heavy atom. The molecule has 3 rings (SSSR count). The van der Waals surface area contributed by atoms with E-state index in [-0.39, 0.29) is 5.78 Å². The summed E-state index contributed by atoms with van der Waals surface area (Å²) in [5, 5.41) is 1.53. The number of nitrogens with zero attached hydrogens (tertiary/aromatic N) is 1. The second kappa shape index (κ2) is 4.19. The number of nitrogens with two attached hydrogens (primary N) is 1. The SMILES string of the molecule is Cc1sc(N)nc1C(=O)c1cc2ccccc2s1. The number of anilines is 1. The number of hydrogen-bond donors (Lipinski definition) is 1. The van der Waals surface area contributed by atoms with Crippen LogP contribution in [0, 0.1) is 6.92 Å². The predicted molar refractivity (Wildman–Crippen MR) is 76.5 cm³/mol. The largest absolute Gasteiger partial charge is 0.375 e. The summed E-state index contributed by atoms with van der Waals surface area (Å²) in [6.45, 7) is 1.87. The van der Waals surface area contributed by atoms with E-state index in [0.717, 1.165) is 15.0 Å². The van der Waals surface area contributed by atoms with Crippen molar-refractivity contribution in [1.29, 1.82) is 0 Å². The van der Waals surface area contributed by atoms with Crippen LogP contribution in [0.3, 0.4) is 0 Å². The molecule has 3 aromatic rings. The summed E-state index contributed by atoms with van der Waals surface area (Å²) < 4.78 is 1.11. The summed E-state index contributed by atoms with van der Waals surface area (Å²) in [5.74, 6) is -0.0401. The van der Waals surface area contributed by atoms with Gasteiger partial charge in [-0.25, -0.2) is 4.98 Å². The van der Waals surface area contributed by atoms with Crippen molar-refractivity contribution in [3.8, 4) is 0 Å². The highest BCUT2D eigenvalue weighted by Gasteiger charge is 2.18. The van der Waals surface area contributed by atoms with E-state index in [2.05, 4.69) is 4.98 Å². The maximum Gasteiger partial charge on any atom is 0.222 e. The van der Waals surface area contributed by atoms with Crippen molar-refractivity contribution in [1.82, 2.24) is 4.98 Å². The lowest BCUT2D eigenvalue weighted by Gasteiger charge is -1.93. The van der Waals surface area contributed by atoms with E-state index in [1.807, 2.05) is 37.3 Å². The molecule has 18 heavy (non-hydrogen) atoms. The first-order valence-corrected chi connectivity index (χ1v) is 7.04. The molecule has 0 fully saturated rings. The first-order chi connectivity index (χ1) is 8.65. The minimum absolute atomic E-state index is 0.0401. The average Bonchev–Trinajstić information content (AvgIpc) is 2.91. The van der Waals surface area contributed by atoms with Crippen LogP contribution in [-0.4, -0.2) is 10.8 Å². The third-order valence-corrected chi connectivity index (χ3v) is 4.59. The van der Waals surface area contributed by atoms with E-state index in [9.17, 15) is 4.79 Å². The Kier molecular flexibility index (Phi) is 2.65. The molecule has 2 heterocycles. The molecule has 0 aliphatic heterocycles. The zero-order valence-electron chi connectivity index (χ0n) is 9.64. The van der Waals surface area contributed by atoms with Gasteiger partial charge in [0.1, 0.15) is 5.69 Å². The lowest BCUT2D eigenvalue weighted by molar-refractivity contribution is 0.103. The van der Waals surface area contributed by atoms with Crippen LogP contribution in [0.25, 0.3) is 10.1 Å². The van der Waals surface area contributed by atoms with Crippen molar-refractivity contribution in [2.75, 3.05) is 5.73 Å². The van der Waals surface area contributed by atoms with Crippen molar-refractivity contribution in [3.63, 3.8) is 0 Å². The van der Waals surface area contributed by atoms with Crippen molar-refractivity contribution in [2.45, 2.75) is 6.92 Å². The molecule has 0 bridgehead atoms. The highest BCUT2D eigenvalue weighted by molar-refractivity contribution is 7.21. The van der Waals surface area contributed by atoms with Gasteiger partial charge in [-0.1, -0.05) is 18.2 Å². The summed E-state index contributed by atoms with van der Waals surface area (Å²) >= 11 is 2.84. The summed E-state index contributed by atoms with van der Waals surface area (Å²) in [5.41, 5.74) is 6.10. The molecule has 0 aliphatic carbocycles. The Balaban J connectivity index is 2.09. The number of thiophene rings is 1. The fourth-order valence-corrected chi connectivity index (χ4v) is 3.53. The minimum atomic E-state index is -0.0401. The van der Waals surface area contributed by atoms with E-state index in [0.29, 0.717) is 15.7 Å². The summed E-state index contributed by atoms with van der Waals surface area (Å²) in [6.07, 6.45) is 0. The number of hydrogen-bond acceptors (Lipinski definition) is 5. The van der Waals surface area contributed by atoms with Gasteiger partial charge in [-0.2, -0.15) is 0 Å². The van der Waals surface area contributed by atoms with E-state index in [1.54, 1.807) is 0 Å². The number of rotatable bonds is 2. The van der Waals surface area contributed by atoms with Crippen molar-refractivity contribution >= 4 is 43.7 Å². The summed E-state index contributed by atoms with van der Waals surface area (Å²) in [4.78, 5) is 18.0. The van der Waals surface area contributed by atoms with Crippen LogP contribution in [0.15, 0.2) is 30.3 Å². The second-order valence-corrected chi connectivity index (χ2v) is 6.25. The van der Waals surface area contributed by atoms with Crippen molar-refractivity contribution in [2.24, 2.45) is 0 Å². The van der Waals surface area contributed by atoms with Gasteiger partial charge in [-0.3, -0.25) is 4.79 Å². The molecule has 0 amide bonds. The number of carbonyl (C=O) groups is 1. The van der Waals surface area contributed by atoms with Gasteiger partial charge in [0.15, 0.2) is 5.13 Å². The van der Waals surface area contributed by atoms with Gasteiger partial charge >= 0.3 is 0 Å². The van der Waals surface area contributed by atoms with Crippen LogP contribution in [0.5, 0.6) is 0 Å². The standard InChI is InChI=1S/C13H10N2OS2/c1-7-11(15-13(14)17-7)12(16)10-6-8-4-2-3-5-9(8)18-10/h2-6H,1H3,(H2,14,15). The first kappa shape index (κ1) is 11.4. The van der Waals surface area contributed by atoms with Gasteiger partial charge in [0.05, 0.1) is 4.88 Å². The van der Waals surface area contributed by atoms with Crippen molar-refractivity contribution < 1.29 is 4.79 Å². The van der Waals surface area contributed by atoms with E-state index < -0.39 is 0 Å². The third kappa shape index (κ3) is 1.81. The minimum Gasteiger partial charge on any atom is -0.375 e. The molecule has 0 unspecified atom stereocenters. The molecule has 0 saturated heterocycles. The average molecular weight is 274 g/mol. The normalized spacial score (nSPS) is 10.9. The molecule has 0 saturated carbocycles. The molecule has 1 aromatic carbocycles. The Morgan fingerprint density at radius 3 is 2.72 bits per heavy atom. The zero-order valence-corrected chi connectivity index (χ0v) is 11.3. The Bertz CT molecular complexity index is 709. The number of thiazole rings is 1. The topological polar surface area (TPSA) is 56.0 Å². The van der Waals surface area contributed by atoms with Crippen LogP contribution in [-0.2, 0) is 0 Å². The molecule has 3 nitrogen and oxygen atoms in total. The zero-order chi connectivity index (χ0) is 12.7. The van der Waals surface area contributed by atoms with Crippen LogP contribution in [0.1, 0.15) is 20.2 Å². The number of benzene rings is 1. The first-order valence-electron chi connectivity index (χ1n) is 5.41. The monoisotopic (exact) mass is 274 g/mol. The maximum atomic E-state index is 12.3. The van der Waals surface area contributed by atoms with Gasteiger partial charge in [0.25, 0.3) is 0 Å². The third-order valence-electron chi connectivity index (χ3n) is 2.68. The Labute approximate surface area is 112 Å². The van der Waals surface area contributed by atoms with Crippen molar-refractivity contribution in [3.05, 3.63) is 45.8 Å². The fourth-order valence-electron chi connectivity index (χ4n) is 1.84. The quantitative estimate of drug-likeness (QED) is 0.728. The molecular weight excluding hydrogens is 264 g/mol. The molecule has 0 atom stereocenters. The smallest absolute Gasteiger partial charge is 0.222 e. The van der Waals surface area contributed by atoms with E-state index >= 15 is 0 Å². The maximum absolute atomic E-state index is 12.3. The van der Waals surface area contributed by atoms with Gasteiger partial charge in [-0.15, -0.1) is 22.7 Å². The van der Waals surface area contributed by atoms with Crippen LogP contribution in [0.2, 0.25) is 0 Å². The van der Waals surface area contributed by atoms with E-state index in [1.165, 1.54) is 22.7 Å². The predicted octanol–water partition coefficient (Wildman–Crippen LogP) is 3.48. The van der Waals surface area contributed by atoms with Gasteiger partial charge < -0.3 is 5.73 Å². The highest BCUT2D eigenvalue weighted by Crippen LogP contribution is 2.29. The number of aryl methyl sites for hydroxylation is 1. The number of aromatic nitrogens is 1. The summed E-state index contributed by atoms with van der Waals surface area (Å²) in [7, 11) is 0. The number of fused-ring (bicyclic) bond motifs is 1. The van der Waals surface area contributed by atoms with Crippen LogP contribution < -0.4 is 5.73 Å². The lowest BCUT2D eigenvalue weighted by atomic mass is 10.2. The van der Waals surface area contributed by atoms with Gasteiger partial charge in [0.2, 0.25) is 5.78 Å². The molecule has 90 valence electrons. The fraction of sp³-hybridized carbons (Fsp3) is 0.0769. The Morgan fingerprint density at radius 1 is 1.28 bits per heavy atom. The van der Waals surface area contributed by atoms with Gasteiger partial charge in [0, 0.05) is 9.58 Å². The number of nitrogen functional groups attached to an aromatic ring is 1. The van der Waals surface area contributed by atoms with Gasteiger partial charge in [-0.05, 0) is 24.4 Å². The van der Waals surface area contributed by atoms with E-state index in [4.69, 9.17) is 5.73 Å². The molecular formula is C13H10N2OS2. The molecule has 0 spiro atoms. The van der Waals surface area contributed by atoms with Crippen LogP contribution >= 0.6 is 22.7 Å². The number of ketones is 1. The Hall–Kier alpha value is -1.72. The lowest BCUT2D eigenvalue weighted by Crippen LogP contribution is -2.01. The molecule has 0 radical (unpaired) electrons.